The van der Waals surface area contributed by atoms with Crippen molar-refractivity contribution in [2.75, 3.05) is 18.5 Å². The molecule has 1 amide bonds. The van der Waals surface area contributed by atoms with E-state index >= 15 is 0 Å². The number of rotatable bonds is 3. The van der Waals surface area contributed by atoms with Gasteiger partial charge in [0.25, 0.3) is 0 Å². The Morgan fingerprint density at radius 3 is 2.76 bits per heavy atom. The van der Waals surface area contributed by atoms with Gasteiger partial charge in [-0.1, -0.05) is 12.1 Å². The maximum Gasteiger partial charge on any atom is 0.226 e. The average Bonchev–Trinajstić information content (AvgIpc) is 2.21. The lowest BCUT2D eigenvalue weighted by molar-refractivity contribution is -0.123. The SMILES string of the molecule is Cc1ccc(C)c(NC(=O)CC2(N)COC2)c1. The largest absolute Gasteiger partial charge is 0.377 e. The third kappa shape index (κ3) is 2.84. The molecule has 1 aromatic rings. The minimum absolute atomic E-state index is 0.0514. The lowest BCUT2D eigenvalue weighted by Gasteiger charge is -2.37. The second-order valence-corrected chi connectivity index (χ2v) is 4.90. The Bertz CT molecular complexity index is 439. The number of aryl methyl sites for hydroxylation is 2. The van der Waals surface area contributed by atoms with E-state index in [4.69, 9.17) is 10.5 Å². The molecule has 0 unspecified atom stereocenters. The second-order valence-electron chi connectivity index (χ2n) is 4.90. The van der Waals surface area contributed by atoms with Gasteiger partial charge in [-0.25, -0.2) is 0 Å². The lowest BCUT2D eigenvalue weighted by Crippen LogP contribution is -2.58. The van der Waals surface area contributed by atoms with Gasteiger partial charge in [0.2, 0.25) is 5.91 Å². The first-order valence-corrected chi connectivity index (χ1v) is 5.72. The van der Waals surface area contributed by atoms with Crippen molar-refractivity contribution in [3.63, 3.8) is 0 Å². The normalized spacial score (nSPS) is 17.4. The summed E-state index contributed by atoms with van der Waals surface area (Å²) in [7, 11) is 0. The van der Waals surface area contributed by atoms with E-state index in [0.717, 1.165) is 16.8 Å². The maximum absolute atomic E-state index is 11.8. The first-order valence-electron chi connectivity index (χ1n) is 5.72. The molecule has 0 aliphatic carbocycles. The summed E-state index contributed by atoms with van der Waals surface area (Å²) >= 11 is 0. The van der Waals surface area contributed by atoms with E-state index in [1.165, 1.54) is 0 Å². The van der Waals surface area contributed by atoms with E-state index in [9.17, 15) is 4.79 Å². The van der Waals surface area contributed by atoms with Gasteiger partial charge in [0, 0.05) is 12.1 Å². The summed E-state index contributed by atoms with van der Waals surface area (Å²) in [5.41, 5.74) is 8.51. The van der Waals surface area contributed by atoms with Crippen LogP contribution in [-0.2, 0) is 9.53 Å². The predicted octanol–water partition coefficient (Wildman–Crippen LogP) is 1.36. The molecule has 0 saturated carbocycles. The second kappa shape index (κ2) is 4.47. The van der Waals surface area contributed by atoms with Crippen LogP contribution in [0, 0.1) is 13.8 Å². The van der Waals surface area contributed by atoms with Crippen LogP contribution in [0.25, 0.3) is 0 Å². The first-order chi connectivity index (χ1) is 7.98. The first kappa shape index (κ1) is 12.1. The maximum atomic E-state index is 11.8. The summed E-state index contributed by atoms with van der Waals surface area (Å²) in [5.74, 6) is -0.0514. The van der Waals surface area contributed by atoms with Gasteiger partial charge >= 0.3 is 0 Å². The van der Waals surface area contributed by atoms with Crippen LogP contribution < -0.4 is 11.1 Å². The van der Waals surface area contributed by atoms with Crippen LogP contribution in [0.3, 0.4) is 0 Å². The highest BCUT2D eigenvalue weighted by Crippen LogP contribution is 2.20. The van der Waals surface area contributed by atoms with E-state index in [-0.39, 0.29) is 5.91 Å². The smallest absolute Gasteiger partial charge is 0.226 e. The number of benzene rings is 1. The zero-order valence-corrected chi connectivity index (χ0v) is 10.2. The van der Waals surface area contributed by atoms with Gasteiger partial charge in [0.15, 0.2) is 0 Å². The van der Waals surface area contributed by atoms with Crippen molar-refractivity contribution < 1.29 is 9.53 Å². The molecule has 3 N–H and O–H groups in total. The standard InChI is InChI=1S/C13H18N2O2/c1-9-3-4-10(2)11(5-9)15-12(16)6-13(14)7-17-8-13/h3-5H,6-8,14H2,1-2H3,(H,15,16). The van der Waals surface area contributed by atoms with Crippen molar-refractivity contribution in [2.24, 2.45) is 5.73 Å². The minimum Gasteiger partial charge on any atom is -0.377 e. The molecule has 0 aromatic heterocycles. The molecule has 0 radical (unpaired) electrons. The van der Waals surface area contributed by atoms with Gasteiger partial charge in [-0.3, -0.25) is 4.79 Å². The molecule has 0 bridgehead atoms. The highest BCUT2D eigenvalue weighted by atomic mass is 16.5. The summed E-state index contributed by atoms with van der Waals surface area (Å²) in [6.07, 6.45) is 0.306. The van der Waals surface area contributed by atoms with Crippen LogP contribution in [0.2, 0.25) is 0 Å². The number of carbonyl (C=O) groups is 1. The van der Waals surface area contributed by atoms with E-state index < -0.39 is 5.54 Å². The van der Waals surface area contributed by atoms with E-state index in [1.807, 2.05) is 32.0 Å². The Kier molecular flexibility index (Phi) is 3.17. The fourth-order valence-corrected chi connectivity index (χ4v) is 1.85. The van der Waals surface area contributed by atoms with Crippen LogP contribution in [-0.4, -0.2) is 24.7 Å². The topological polar surface area (TPSA) is 64.4 Å². The molecule has 4 heteroatoms. The highest BCUT2D eigenvalue weighted by molar-refractivity contribution is 5.92. The Balaban J connectivity index is 2.00. The third-order valence-electron chi connectivity index (χ3n) is 2.96. The lowest BCUT2D eigenvalue weighted by atomic mass is 9.94. The van der Waals surface area contributed by atoms with Gasteiger partial charge in [-0.05, 0) is 31.0 Å². The quantitative estimate of drug-likeness (QED) is 0.830. The Labute approximate surface area is 101 Å². The number of hydrogen-bond donors (Lipinski definition) is 2. The van der Waals surface area contributed by atoms with Crippen molar-refractivity contribution in [3.05, 3.63) is 29.3 Å². The summed E-state index contributed by atoms with van der Waals surface area (Å²) in [5, 5.41) is 2.90. The molecule has 1 aliphatic heterocycles. The number of nitrogens with one attached hydrogen (secondary N) is 1. The average molecular weight is 234 g/mol. The zero-order chi connectivity index (χ0) is 12.5. The predicted molar refractivity (Wildman–Crippen MR) is 66.9 cm³/mol. The van der Waals surface area contributed by atoms with Crippen molar-refractivity contribution in [1.29, 1.82) is 0 Å². The van der Waals surface area contributed by atoms with E-state index in [2.05, 4.69) is 5.32 Å². The number of ether oxygens (including phenoxy) is 1. The summed E-state index contributed by atoms with van der Waals surface area (Å²) in [4.78, 5) is 11.8. The van der Waals surface area contributed by atoms with Crippen LogP contribution in [0.1, 0.15) is 17.5 Å². The molecule has 92 valence electrons. The van der Waals surface area contributed by atoms with Gasteiger partial charge < -0.3 is 15.8 Å². The Morgan fingerprint density at radius 1 is 1.47 bits per heavy atom. The number of nitrogens with two attached hydrogens (primary N) is 1. The van der Waals surface area contributed by atoms with Crippen molar-refractivity contribution in [3.8, 4) is 0 Å². The molecule has 2 rings (SSSR count). The van der Waals surface area contributed by atoms with Gasteiger partial charge in [-0.15, -0.1) is 0 Å². The monoisotopic (exact) mass is 234 g/mol. The number of amides is 1. The molecule has 1 saturated heterocycles. The van der Waals surface area contributed by atoms with Crippen LogP contribution in [0.5, 0.6) is 0 Å². The Morgan fingerprint density at radius 2 is 2.18 bits per heavy atom. The zero-order valence-electron chi connectivity index (χ0n) is 10.2. The number of anilines is 1. The molecule has 1 fully saturated rings. The number of carbonyl (C=O) groups excluding carboxylic acids is 1. The van der Waals surface area contributed by atoms with Crippen LogP contribution in [0.4, 0.5) is 5.69 Å². The fraction of sp³-hybridized carbons (Fsp3) is 0.462. The molecular weight excluding hydrogens is 216 g/mol. The molecule has 17 heavy (non-hydrogen) atoms. The number of hydrogen-bond acceptors (Lipinski definition) is 3. The van der Waals surface area contributed by atoms with E-state index in [0.29, 0.717) is 19.6 Å². The molecule has 4 nitrogen and oxygen atoms in total. The van der Waals surface area contributed by atoms with E-state index in [1.54, 1.807) is 0 Å². The van der Waals surface area contributed by atoms with Crippen LogP contribution in [0.15, 0.2) is 18.2 Å². The molecule has 1 aliphatic rings. The summed E-state index contributed by atoms with van der Waals surface area (Å²) in [6.45, 7) is 4.90. The summed E-state index contributed by atoms with van der Waals surface area (Å²) < 4.78 is 5.03. The molecule has 1 aromatic carbocycles. The van der Waals surface area contributed by atoms with Crippen molar-refractivity contribution >= 4 is 11.6 Å². The van der Waals surface area contributed by atoms with Gasteiger partial charge in [0.05, 0.1) is 18.8 Å². The molecule has 0 atom stereocenters. The van der Waals surface area contributed by atoms with Crippen LogP contribution >= 0.6 is 0 Å². The molecular formula is C13H18N2O2. The molecule has 1 heterocycles. The van der Waals surface area contributed by atoms with Crippen molar-refractivity contribution in [1.82, 2.24) is 0 Å². The Hall–Kier alpha value is -1.39. The fourth-order valence-electron chi connectivity index (χ4n) is 1.85. The van der Waals surface area contributed by atoms with Crippen molar-refractivity contribution in [2.45, 2.75) is 25.8 Å². The molecule has 0 spiro atoms. The van der Waals surface area contributed by atoms with Gasteiger partial charge in [-0.2, -0.15) is 0 Å². The minimum atomic E-state index is -0.470. The van der Waals surface area contributed by atoms with Gasteiger partial charge in [0.1, 0.15) is 0 Å². The third-order valence-corrected chi connectivity index (χ3v) is 2.96. The summed E-state index contributed by atoms with van der Waals surface area (Å²) in [6, 6.07) is 5.98. The highest BCUT2D eigenvalue weighted by Gasteiger charge is 2.36.